The predicted octanol–water partition coefficient (Wildman–Crippen LogP) is 1.07. The Morgan fingerprint density at radius 3 is 1.55 bits per heavy atom. The van der Waals surface area contributed by atoms with Crippen LogP contribution in [0.1, 0.15) is 13.8 Å². The second-order valence-corrected chi connectivity index (χ2v) is 2.67. The Hall–Kier alpha value is -0.0000000000000000555. The molecule has 1 unspecified atom stereocenters. The Bertz CT molecular complexity index is 106. The Labute approximate surface area is 69.0 Å². The molecule has 6 heteroatoms. The molecule has 0 aromatic rings. The fourth-order valence-corrected chi connectivity index (χ4v) is 0.401. The van der Waals surface area contributed by atoms with Gasteiger partial charge in [0.05, 0.1) is 5.60 Å². The summed E-state index contributed by atoms with van der Waals surface area (Å²) in [6, 6.07) is -2.18. The lowest BCUT2D eigenvalue weighted by Gasteiger charge is -2.27. The molecule has 70 valence electrons. The molecule has 0 amide bonds. The molecule has 0 spiro atoms. The number of halogens is 4. The summed E-state index contributed by atoms with van der Waals surface area (Å²) < 4.78 is 35.0. The molecule has 0 aromatic carbocycles. The van der Waals surface area contributed by atoms with Crippen LogP contribution in [0.25, 0.3) is 0 Å². The van der Waals surface area contributed by atoms with Crippen molar-refractivity contribution in [1.29, 1.82) is 0 Å². The van der Waals surface area contributed by atoms with Gasteiger partial charge in [0.2, 0.25) is 0 Å². The van der Waals surface area contributed by atoms with Crippen LogP contribution >= 0.6 is 12.4 Å². The highest BCUT2D eigenvalue weighted by molar-refractivity contribution is 5.85. The van der Waals surface area contributed by atoms with Gasteiger partial charge < -0.3 is 10.8 Å². The quantitative estimate of drug-likeness (QED) is 0.655. The van der Waals surface area contributed by atoms with Gasteiger partial charge in [-0.1, -0.05) is 0 Å². The minimum atomic E-state index is -4.53. The fourth-order valence-electron chi connectivity index (χ4n) is 0.401. The number of aliphatic hydroxyl groups is 1. The van der Waals surface area contributed by atoms with Crippen LogP contribution in [0.4, 0.5) is 13.2 Å². The van der Waals surface area contributed by atoms with Crippen LogP contribution in [0.15, 0.2) is 0 Å². The van der Waals surface area contributed by atoms with Crippen molar-refractivity contribution in [2.45, 2.75) is 31.7 Å². The van der Waals surface area contributed by atoms with Gasteiger partial charge in [0.25, 0.3) is 0 Å². The zero-order valence-corrected chi connectivity index (χ0v) is 6.96. The number of alkyl halides is 3. The molecule has 0 saturated carbocycles. The van der Waals surface area contributed by atoms with Gasteiger partial charge in [0, 0.05) is 0 Å². The summed E-state index contributed by atoms with van der Waals surface area (Å²) in [6.45, 7) is 2.04. The molecule has 11 heavy (non-hydrogen) atoms. The van der Waals surface area contributed by atoms with Crippen LogP contribution in [-0.4, -0.2) is 22.9 Å². The van der Waals surface area contributed by atoms with Crippen molar-refractivity contribution in [3.8, 4) is 0 Å². The smallest absolute Gasteiger partial charge is 0.388 e. The molecule has 0 heterocycles. The Morgan fingerprint density at radius 2 is 1.55 bits per heavy atom. The van der Waals surface area contributed by atoms with Gasteiger partial charge in [-0.15, -0.1) is 12.4 Å². The first-order valence-corrected chi connectivity index (χ1v) is 2.70. The average molecular weight is 194 g/mol. The van der Waals surface area contributed by atoms with E-state index < -0.39 is 17.8 Å². The molecular formula is C5H11ClF3NO. The third-order valence-corrected chi connectivity index (χ3v) is 1.11. The van der Waals surface area contributed by atoms with Crippen molar-refractivity contribution in [3.63, 3.8) is 0 Å². The van der Waals surface area contributed by atoms with E-state index in [-0.39, 0.29) is 12.4 Å². The standard InChI is InChI=1S/C5H10F3NO.ClH/c1-4(2,10)3(9)5(6,7)8;/h3,10H,9H2,1-2H3;1H. The molecule has 0 radical (unpaired) electrons. The van der Waals surface area contributed by atoms with Gasteiger partial charge in [-0.05, 0) is 13.8 Å². The molecule has 0 aromatic heterocycles. The maximum atomic E-state index is 11.7. The molecule has 2 nitrogen and oxygen atoms in total. The molecule has 0 saturated heterocycles. The summed E-state index contributed by atoms with van der Waals surface area (Å²) in [5, 5.41) is 8.78. The van der Waals surface area contributed by atoms with Crippen LogP contribution in [0.2, 0.25) is 0 Å². The number of hydrogen-bond donors (Lipinski definition) is 2. The lowest BCUT2D eigenvalue weighted by atomic mass is 10.00. The first-order valence-electron chi connectivity index (χ1n) is 2.70. The largest absolute Gasteiger partial charge is 0.406 e. The molecule has 0 aliphatic rings. The normalized spacial score (nSPS) is 15.5. The second-order valence-electron chi connectivity index (χ2n) is 2.67. The van der Waals surface area contributed by atoms with E-state index in [9.17, 15) is 13.2 Å². The highest BCUT2D eigenvalue weighted by Crippen LogP contribution is 2.25. The third-order valence-electron chi connectivity index (χ3n) is 1.11. The second kappa shape index (κ2) is 3.60. The van der Waals surface area contributed by atoms with Gasteiger partial charge in [-0.25, -0.2) is 0 Å². The predicted molar refractivity (Wildman–Crippen MR) is 37.6 cm³/mol. The monoisotopic (exact) mass is 193 g/mol. The van der Waals surface area contributed by atoms with E-state index in [0.29, 0.717) is 0 Å². The van der Waals surface area contributed by atoms with E-state index in [2.05, 4.69) is 5.73 Å². The van der Waals surface area contributed by atoms with Crippen LogP contribution in [0.5, 0.6) is 0 Å². The van der Waals surface area contributed by atoms with Crippen molar-refractivity contribution in [1.82, 2.24) is 0 Å². The van der Waals surface area contributed by atoms with E-state index >= 15 is 0 Å². The Morgan fingerprint density at radius 1 is 1.27 bits per heavy atom. The van der Waals surface area contributed by atoms with Crippen LogP contribution < -0.4 is 5.73 Å². The summed E-state index contributed by atoms with van der Waals surface area (Å²) in [5.41, 5.74) is 2.75. The minimum absolute atomic E-state index is 0. The van der Waals surface area contributed by atoms with Crippen LogP contribution in [0.3, 0.4) is 0 Å². The van der Waals surface area contributed by atoms with E-state index in [1.165, 1.54) is 0 Å². The maximum absolute atomic E-state index is 11.7. The van der Waals surface area contributed by atoms with Crippen molar-refractivity contribution in [2.75, 3.05) is 0 Å². The van der Waals surface area contributed by atoms with Gasteiger partial charge >= 0.3 is 6.18 Å². The maximum Gasteiger partial charge on any atom is 0.406 e. The van der Waals surface area contributed by atoms with Crippen LogP contribution in [0, 0.1) is 0 Å². The molecule has 0 fully saturated rings. The zero-order valence-electron chi connectivity index (χ0n) is 6.14. The van der Waals surface area contributed by atoms with Crippen molar-refractivity contribution in [3.05, 3.63) is 0 Å². The lowest BCUT2D eigenvalue weighted by molar-refractivity contribution is -0.185. The molecule has 0 aliphatic heterocycles. The first kappa shape index (κ1) is 13.6. The van der Waals surface area contributed by atoms with Crippen molar-refractivity contribution < 1.29 is 18.3 Å². The lowest BCUT2D eigenvalue weighted by Crippen LogP contribution is -2.52. The van der Waals surface area contributed by atoms with Gasteiger partial charge in [0.1, 0.15) is 6.04 Å². The van der Waals surface area contributed by atoms with Gasteiger partial charge in [-0.3, -0.25) is 0 Å². The molecule has 0 aliphatic carbocycles. The molecule has 0 bridgehead atoms. The summed E-state index contributed by atoms with van der Waals surface area (Å²) >= 11 is 0. The van der Waals surface area contributed by atoms with E-state index in [4.69, 9.17) is 5.11 Å². The Balaban J connectivity index is 0. The zero-order chi connectivity index (χ0) is 8.58. The highest BCUT2D eigenvalue weighted by atomic mass is 35.5. The molecule has 3 N–H and O–H groups in total. The summed E-state index contributed by atoms with van der Waals surface area (Å²) in [6.07, 6.45) is -4.53. The highest BCUT2D eigenvalue weighted by Gasteiger charge is 2.45. The van der Waals surface area contributed by atoms with Gasteiger partial charge in [-0.2, -0.15) is 13.2 Å². The SMILES string of the molecule is CC(C)(O)C(N)C(F)(F)F.Cl. The average Bonchev–Trinajstić information content (AvgIpc) is 1.59. The summed E-state index contributed by atoms with van der Waals surface area (Å²) in [5.74, 6) is 0. The summed E-state index contributed by atoms with van der Waals surface area (Å²) in [4.78, 5) is 0. The van der Waals surface area contributed by atoms with Crippen LogP contribution in [-0.2, 0) is 0 Å². The third kappa shape index (κ3) is 4.44. The number of nitrogens with two attached hydrogens (primary N) is 1. The molecular weight excluding hydrogens is 183 g/mol. The minimum Gasteiger partial charge on any atom is -0.388 e. The fraction of sp³-hybridized carbons (Fsp3) is 1.00. The van der Waals surface area contributed by atoms with E-state index in [1.807, 2.05) is 0 Å². The molecule has 1 atom stereocenters. The van der Waals surface area contributed by atoms with Gasteiger partial charge in [0.15, 0.2) is 0 Å². The summed E-state index contributed by atoms with van der Waals surface area (Å²) in [7, 11) is 0. The first-order chi connectivity index (χ1) is 4.15. The number of rotatable bonds is 1. The van der Waals surface area contributed by atoms with E-state index in [0.717, 1.165) is 13.8 Å². The topological polar surface area (TPSA) is 46.2 Å². The Kier molecular flexibility index (Phi) is 4.44. The molecule has 0 rings (SSSR count). The van der Waals surface area contributed by atoms with Crippen molar-refractivity contribution >= 4 is 12.4 Å². The van der Waals surface area contributed by atoms with E-state index in [1.54, 1.807) is 0 Å². The number of hydrogen-bond acceptors (Lipinski definition) is 2. The van der Waals surface area contributed by atoms with Crippen molar-refractivity contribution in [2.24, 2.45) is 5.73 Å².